The minimum absolute atomic E-state index is 0.202. The summed E-state index contributed by atoms with van der Waals surface area (Å²) in [6, 6.07) is 14.9. The topological polar surface area (TPSA) is 122 Å². The Morgan fingerprint density at radius 1 is 1.00 bits per heavy atom. The molecule has 9 heteroatoms. The van der Waals surface area contributed by atoms with Gasteiger partial charge in [0.2, 0.25) is 0 Å². The minimum Gasteiger partial charge on any atom is -0.497 e. The largest absolute Gasteiger partial charge is 0.497 e. The predicted molar refractivity (Wildman–Crippen MR) is 120 cm³/mol. The molecule has 0 aliphatic carbocycles. The number of aryl methyl sites for hydroxylation is 1. The molecule has 1 aromatic heterocycles. The Morgan fingerprint density at radius 3 is 2.25 bits per heavy atom. The first-order valence-corrected chi connectivity index (χ1v) is 9.61. The number of carbonyl (C=O) groups is 3. The fourth-order valence-electron chi connectivity index (χ4n) is 3.14. The van der Waals surface area contributed by atoms with Gasteiger partial charge in [-0.05, 0) is 68.4 Å². The van der Waals surface area contributed by atoms with Gasteiger partial charge in [0.25, 0.3) is 0 Å². The summed E-state index contributed by atoms with van der Waals surface area (Å²) in [4.78, 5) is 35.1. The molecule has 0 bridgehead atoms. The lowest BCUT2D eigenvalue weighted by Gasteiger charge is -2.09. The zero-order valence-corrected chi connectivity index (χ0v) is 17.7. The van der Waals surface area contributed by atoms with Gasteiger partial charge in [-0.1, -0.05) is 0 Å². The van der Waals surface area contributed by atoms with Crippen LogP contribution in [0.3, 0.4) is 0 Å². The quantitative estimate of drug-likeness (QED) is 0.313. The number of hydrogen-bond acceptors (Lipinski definition) is 5. The number of nitrogens with zero attached hydrogens (tertiary/aromatic N) is 2. The maximum Gasteiger partial charge on any atom is 0.335 e. The summed E-state index contributed by atoms with van der Waals surface area (Å²) in [7, 11) is 1.53. The third-order valence-electron chi connectivity index (χ3n) is 4.77. The van der Waals surface area contributed by atoms with Gasteiger partial charge in [-0.15, -0.1) is 0 Å². The number of amides is 2. The van der Waals surface area contributed by atoms with E-state index in [1.165, 1.54) is 25.5 Å². The molecule has 0 unspecified atom stereocenters. The molecule has 2 aromatic carbocycles. The second-order valence-electron chi connectivity index (χ2n) is 6.90. The molecule has 3 aromatic rings. The summed E-state index contributed by atoms with van der Waals surface area (Å²) in [5.41, 5.74) is 6.14. The Hall–Kier alpha value is -4.40. The van der Waals surface area contributed by atoms with E-state index < -0.39 is 17.8 Å². The van der Waals surface area contributed by atoms with Crippen molar-refractivity contribution in [2.75, 3.05) is 12.4 Å². The third-order valence-corrected chi connectivity index (χ3v) is 4.77. The van der Waals surface area contributed by atoms with Gasteiger partial charge in [-0.2, -0.15) is 5.10 Å². The van der Waals surface area contributed by atoms with Gasteiger partial charge in [0.15, 0.2) is 0 Å². The first-order valence-electron chi connectivity index (χ1n) is 9.61. The highest BCUT2D eigenvalue weighted by atomic mass is 16.5. The van der Waals surface area contributed by atoms with Gasteiger partial charge < -0.3 is 19.7 Å². The van der Waals surface area contributed by atoms with E-state index in [9.17, 15) is 14.4 Å². The van der Waals surface area contributed by atoms with Crippen molar-refractivity contribution in [2.45, 2.75) is 13.8 Å². The van der Waals surface area contributed by atoms with Crippen LogP contribution in [0.1, 0.15) is 27.3 Å². The van der Waals surface area contributed by atoms with E-state index in [2.05, 4.69) is 15.8 Å². The van der Waals surface area contributed by atoms with Crippen LogP contribution in [0.25, 0.3) is 5.69 Å². The molecule has 3 N–H and O–H groups in total. The number of methoxy groups -OCH3 is 1. The average Bonchev–Trinajstić information content (AvgIpc) is 3.07. The van der Waals surface area contributed by atoms with E-state index in [1.807, 2.05) is 24.5 Å². The van der Waals surface area contributed by atoms with E-state index in [0.29, 0.717) is 11.4 Å². The monoisotopic (exact) mass is 434 g/mol. The van der Waals surface area contributed by atoms with E-state index in [4.69, 9.17) is 9.84 Å². The summed E-state index contributed by atoms with van der Waals surface area (Å²) in [5, 5.41) is 15.4. The molecule has 9 nitrogen and oxygen atoms in total. The van der Waals surface area contributed by atoms with Crippen molar-refractivity contribution in [1.82, 2.24) is 9.99 Å². The van der Waals surface area contributed by atoms with Crippen LogP contribution in [-0.4, -0.2) is 40.8 Å². The van der Waals surface area contributed by atoms with Crippen molar-refractivity contribution >= 4 is 29.7 Å². The minimum atomic E-state index is -0.989. The van der Waals surface area contributed by atoms with Crippen molar-refractivity contribution in [3.8, 4) is 11.4 Å². The van der Waals surface area contributed by atoms with E-state index in [0.717, 1.165) is 22.6 Å². The number of carboxylic acids is 1. The normalized spacial score (nSPS) is 10.7. The number of aromatic carboxylic acids is 1. The number of anilines is 1. The van der Waals surface area contributed by atoms with Gasteiger partial charge in [0.05, 0.1) is 18.9 Å². The summed E-state index contributed by atoms with van der Waals surface area (Å²) < 4.78 is 6.98. The molecule has 0 aliphatic heterocycles. The van der Waals surface area contributed by atoms with Gasteiger partial charge in [-0.25, -0.2) is 10.2 Å². The first-order chi connectivity index (χ1) is 15.3. The molecular formula is C23H22N4O5. The molecule has 1 heterocycles. The van der Waals surface area contributed by atoms with Gasteiger partial charge >= 0.3 is 17.8 Å². The maximum atomic E-state index is 12.0. The van der Waals surface area contributed by atoms with Crippen molar-refractivity contribution in [3.05, 3.63) is 77.1 Å². The Labute approximate surface area is 184 Å². The number of carboxylic acid groups (broad SMARTS) is 1. The van der Waals surface area contributed by atoms with Crippen LogP contribution in [0.15, 0.2) is 59.7 Å². The Balaban J connectivity index is 1.66. The van der Waals surface area contributed by atoms with Crippen LogP contribution in [-0.2, 0) is 9.59 Å². The zero-order chi connectivity index (χ0) is 23.3. The number of aromatic nitrogens is 1. The number of ether oxygens (including phenoxy) is 1. The molecule has 3 rings (SSSR count). The molecule has 32 heavy (non-hydrogen) atoms. The highest BCUT2D eigenvalue weighted by Crippen LogP contribution is 2.20. The van der Waals surface area contributed by atoms with E-state index in [1.54, 1.807) is 36.4 Å². The number of hydrogen-bond donors (Lipinski definition) is 3. The van der Waals surface area contributed by atoms with Crippen LogP contribution in [0.4, 0.5) is 5.69 Å². The van der Waals surface area contributed by atoms with Crippen LogP contribution < -0.4 is 15.5 Å². The number of rotatable bonds is 6. The number of benzene rings is 2. The Kier molecular flexibility index (Phi) is 6.69. The molecule has 0 spiro atoms. The van der Waals surface area contributed by atoms with Gasteiger partial charge in [0, 0.05) is 28.3 Å². The lowest BCUT2D eigenvalue weighted by molar-refractivity contribution is -0.136. The molecule has 0 radical (unpaired) electrons. The number of carbonyl (C=O) groups excluding carboxylic acids is 2. The van der Waals surface area contributed by atoms with Crippen LogP contribution >= 0.6 is 0 Å². The number of hydrazone groups is 1. The summed E-state index contributed by atoms with van der Waals surface area (Å²) in [6.07, 6.45) is 1.45. The fourth-order valence-corrected chi connectivity index (χ4v) is 3.14. The molecule has 0 fully saturated rings. The summed E-state index contributed by atoms with van der Waals surface area (Å²) in [6.45, 7) is 3.77. The third kappa shape index (κ3) is 5.01. The van der Waals surface area contributed by atoms with Crippen LogP contribution in [0, 0.1) is 13.8 Å². The SMILES string of the molecule is COc1ccc(NC(=O)C(=O)N/N=C/c2cc(C)n(-c3ccc(C(=O)O)cc3)c2C)cc1. The summed E-state index contributed by atoms with van der Waals surface area (Å²) in [5.74, 6) is -2.11. The van der Waals surface area contributed by atoms with Crippen molar-refractivity contribution in [2.24, 2.45) is 5.10 Å². The molecular weight excluding hydrogens is 412 g/mol. The second kappa shape index (κ2) is 9.61. The Morgan fingerprint density at radius 2 is 1.66 bits per heavy atom. The second-order valence-corrected chi connectivity index (χ2v) is 6.90. The van der Waals surface area contributed by atoms with Crippen LogP contribution in [0.2, 0.25) is 0 Å². The van der Waals surface area contributed by atoms with Gasteiger partial charge in [-0.3, -0.25) is 9.59 Å². The fraction of sp³-hybridized carbons (Fsp3) is 0.130. The lowest BCUT2D eigenvalue weighted by Crippen LogP contribution is -2.32. The first kappa shape index (κ1) is 22.3. The lowest BCUT2D eigenvalue weighted by atomic mass is 10.2. The van der Waals surface area contributed by atoms with E-state index >= 15 is 0 Å². The molecule has 0 saturated carbocycles. The molecule has 164 valence electrons. The molecule has 0 aliphatic rings. The maximum absolute atomic E-state index is 12.0. The van der Waals surface area contributed by atoms with Crippen LogP contribution in [0.5, 0.6) is 5.75 Å². The van der Waals surface area contributed by atoms with Crippen molar-refractivity contribution < 1.29 is 24.2 Å². The van der Waals surface area contributed by atoms with E-state index in [-0.39, 0.29) is 5.56 Å². The molecule has 0 atom stereocenters. The zero-order valence-electron chi connectivity index (χ0n) is 17.7. The Bertz CT molecular complexity index is 1180. The van der Waals surface area contributed by atoms with Gasteiger partial charge in [0.1, 0.15) is 5.75 Å². The average molecular weight is 434 g/mol. The standard InChI is InChI=1S/C23H22N4O5/c1-14-12-17(15(2)27(14)19-8-4-16(5-9-19)23(30)31)13-24-26-22(29)21(28)25-18-6-10-20(32-3)11-7-18/h4-13H,1-3H3,(H,25,28)(H,26,29)(H,30,31)/b24-13+. The smallest absolute Gasteiger partial charge is 0.335 e. The highest BCUT2D eigenvalue weighted by Gasteiger charge is 2.14. The van der Waals surface area contributed by atoms with Crippen molar-refractivity contribution in [1.29, 1.82) is 0 Å². The number of nitrogens with one attached hydrogen (secondary N) is 2. The highest BCUT2D eigenvalue weighted by molar-refractivity contribution is 6.39. The summed E-state index contributed by atoms with van der Waals surface area (Å²) >= 11 is 0. The molecule has 2 amide bonds. The predicted octanol–water partition coefficient (Wildman–Crippen LogP) is 2.89. The molecule has 0 saturated heterocycles. The van der Waals surface area contributed by atoms with Crippen molar-refractivity contribution in [3.63, 3.8) is 0 Å².